The molecule has 2 aromatic heterocycles. The summed E-state index contributed by atoms with van der Waals surface area (Å²) in [4.78, 5) is 17.2. The van der Waals surface area contributed by atoms with Crippen molar-refractivity contribution in [3.63, 3.8) is 0 Å². The molecule has 1 aliphatic heterocycles. The van der Waals surface area contributed by atoms with Crippen molar-refractivity contribution in [2.45, 2.75) is 20.0 Å². The van der Waals surface area contributed by atoms with E-state index in [-0.39, 0.29) is 11.8 Å². The molecule has 6 heteroatoms. The second kappa shape index (κ2) is 8.75. The molecular weight excluding hydrogens is 402 g/mol. The van der Waals surface area contributed by atoms with Gasteiger partial charge in [-0.15, -0.1) is 0 Å². The first-order valence-electron chi connectivity index (χ1n) is 10.8. The van der Waals surface area contributed by atoms with Gasteiger partial charge in [0.05, 0.1) is 12.3 Å². The average Bonchev–Trinajstić information content (AvgIpc) is 3.26. The topological polar surface area (TPSA) is 64.9 Å². The van der Waals surface area contributed by atoms with E-state index in [1.807, 2.05) is 66.2 Å². The highest BCUT2D eigenvalue weighted by atomic mass is 16.5. The summed E-state index contributed by atoms with van der Waals surface area (Å²) in [6.07, 6.45) is 4.85. The largest absolute Gasteiger partial charge is 0.493 e. The van der Waals surface area contributed by atoms with Gasteiger partial charge in [0.25, 0.3) is 5.91 Å². The van der Waals surface area contributed by atoms with E-state index in [9.17, 15) is 4.79 Å². The first-order valence-corrected chi connectivity index (χ1v) is 10.8. The maximum atomic E-state index is 12.5. The number of aryl methyl sites for hydroxylation is 1. The second-order valence-corrected chi connectivity index (χ2v) is 8.17. The molecule has 1 amide bonds. The molecule has 0 aliphatic carbocycles. The van der Waals surface area contributed by atoms with Crippen molar-refractivity contribution in [1.82, 2.24) is 14.7 Å². The Morgan fingerprint density at radius 2 is 2.00 bits per heavy atom. The number of carbonyl (C=O) groups excluding carboxylic acids is 1. The minimum absolute atomic E-state index is 0.0914. The van der Waals surface area contributed by atoms with Gasteiger partial charge in [0.2, 0.25) is 0 Å². The highest BCUT2D eigenvalue weighted by Crippen LogP contribution is 2.26. The van der Waals surface area contributed by atoms with Gasteiger partial charge in [-0.2, -0.15) is 0 Å². The molecule has 3 heterocycles. The van der Waals surface area contributed by atoms with Crippen LogP contribution in [0, 0.1) is 12.8 Å². The number of para-hydroxylation sites is 1. The van der Waals surface area contributed by atoms with Gasteiger partial charge in [-0.1, -0.05) is 24.3 Å². The van der Waals surface area contributed by atoms with Crippen LogP contribution in [-0.4, -0.2) is 28.4 Å². The zero-order valence-corrected chi connectivity index (χ0v) is 18.0. The van der Waals surface area contributed by atoms with Crippen LogP contribution >= 0.6 is 0 Å². The summed E-state index contributed by atoms with van der Waals surface area (Å²) >= 11 is 0. The predicted molar refractivity (Wildman–Crippen MR) is 122 cm³/mol. The number of rotatable bonds is 6. The Hall–Kier alpha value is -3.80. The van der Waals surface area contributed by atoms with E-state index in [4.69, 9.17) is 9.47 Å². The molecule has 1 aliphatic rings. The van der Waals surface area contributed by atoms with Crippen molar-refractivity contribution in [3.8, 4) is 11.5 Å². The van der Waals surface area contributed by atoms with Crippen LogP contribution in [0.5, 0.6) is 11.5 Å². The maximum absolute atomic E-state index is 12.5. The van der Waals surface area contributed by atoms with E-state index in [2.05, 4.69) is 16.4 Å². The number of carbonyl (C=O) groups is 1. The van der Waals surface area contributed by atoms with Gasteiger partial charge in [0.1, 0.15) is 23.8 Å². The van der Waals surface area contributed by atoms with Crippen LogP contribution in [0.4, 0.5) is 0 Å². The summed E-state index contributed by atoms with van der Waals surface area (Å²) in [5.74, 6) is 1.83. The Bertz CT molecular complexity index is 1250. The average molecular weight is 428 g/mol. The number of benzene rings is 2. The van der Waals surface area contributed by atoms with Gasteiger partial charge < -0.3 is 19.2 Å². The Morgan fingerprint density at radius 1 is 1.16 bits per heavy atom. The number of nitrogens with zero attached hydrogens (tertiary/aromatic N) is 2. The minimum atomic E-state index is -0.0914. The van der Waals surface area contributed by atoms with Gasteiger partial charge in [-0.3, -0.25) is 4.79 Å². The summed E-state index contributed by atoms with van der Waals surface area (Å²) in [6.45, 7) is 3.61. The molecule has 162 valence electrons. The third-order valence-electron chi connectivity index (χ3n) is 5.74. The van der Waals surface area contributed by atoms with Crippen LogP contribution in [0.2, 0.25) is 0 Å². The number of hydrogen-bond donors (Lipinski definition) is 1. The monoisotopic (exact) mass is 427 g/mol. The van der Waals surface area contributed by atoms with E-state index < -0.39 is 0 Å². The SMILES string of the molecule is Cc1cccn2cc(COc3ccc(C(=O)NCC4COc5ccccc5C4)cc3)nc12. The lowest BCUT2D eigenvalue weighted by atomic mass is 9.96. The van der Waals surface area contributed by atoms with Gasteiger partial charge in [0.15, 0.2) is 0 Å². The van der Waals surface area contributed by atoms with Gasteiger partial charge in [-0.25, -0.2) is 4.98 Å². The number of aromatic nitrogens is 2. The summed E-state index contributed by atoms with van der Waals surface area (Å²) in [5.41, 5.74) is 4.72. The number of fused-ring (bicyclic) bond motifs is 2. The van der Waals surface area contributed by atoms with Crippen LogP contribution in [0.15, 0.2) is 73.1 Å². The van der Waals surface area contributed by atoms with Crippen molar-refractivity contribution in [2.24, 2.45) is 5.92 Å². The first-order chi connectivity index (χ1) is 15.7. The highest BCUT2D eigenvalue weighted by molar-refractivity contribution is 5.94. The van der Waals surface area contributed by atoms with Gasteiger partial charge >= 0.3 is 0 Å². The smallest absolute Gasteiger partial charge is 0.251 e. The predicted octanol–water partition coefficient (Wildman–Crippen LogP) is 4.20. The molecule has 5 rings (SSSR count). The molecule has 0 saturated carbocycles. The molecule has 0 fully saturated rings. The summed E-state index contributed by atoms with van der Waals surface area (Å²) in [7, 11) is 0. The Labute approximate surface area is 186 Å². The number of nitrogens with one attached hydrogen (secondary N) is 1. The number of ether oxygens (including phenoxy) is 2. The Morgan fingerprint density at radius 3 is 2.84 bits per heavy atom. The molecule has 0 saturated heterocycles. The minimum Gasteiger partial charge on any atom is -0.493 e. The number of imidazole rings is 1. The quantitative estimate of drug-likeness (QED) is 0.501. The highest BCUT2D eigenvalue weighted by Gasteiger charge is 2.20. The fourth-order valence-electron chi connectivity index (χ4n) is 3.99. The molecule has 32 heavy (non-hydrogen) atoms. The molecule has 6 nitrogen and oxygen atoms in total. The number of hydrogen-bond acceptors (Lipinski definition) is 4. The molecule has 1 atom stereocenters. The second-order valence-electron chi connectivity index (χ2n) is 8.17. The standard InChI is InChI=1S/C26H25N3O3/c1-18-5-4-12-29-15-22(28-25(18)29)17-31-23-10-8-20(9-11-23)26(30)27-14-19-13-21-6-2-3-7-24(21)32-16-19/h2-12,15,19H,13-14,16-17H2,1H3,(H,27,30). The maximum Gasteiger partial charge on any atom is 0.251 e. The lowest BCUT2D eigenvalue weighted by molar-refractivity contribution is 0.0939. The summed E-state index contributed by atoms with van der Waals surface area (Å²) in [5, 5.41) is 3.02. The lowest BCUT2D eigenvalue weighted by Gasteiger charge is -2.25. The Kier molecular flexibility index (Phi) is 5.50. The van der Waals surface area contributed by atoms with E-state index in [0.29, 0.717) is 31.1 Å². The van der Waals surface area contributed by atoms with Crippen LogP contribution in [0.3, 0.4) is 0 Å². The summed E-state index contributed by atoms with van der Waals surface area (Å²) < 4.78 is 13.7. The zero-order valence-electron chi connectivity index (χ0n) is 18.0. The zero-order chi connectivity index (χ0) is 21.9. The third kappa shape index (κ3) is 4.30. The molecule has 4 aromatic rings. The van der Waals surface area contributed by atoms with Crippen molar-refractivity contribution >= 4 is 11.6 Å². The molecular formula is C26H25N3O3. The van der Waals surface area contributed by atoms with Crippen LogP contribution in [-0.2, 0) is 13.0 Å². The molecule has 0 bridgehead atoms. The lowest BCUT2D eigenvalue weighted by Crippen LogP contribution is -2.34. The molecule has 2 aromatic carbocycles. The molecule has 1 unspecified atom stereocenters. The first kappa shape index (κ1) is 20.1. The molecule has 1 N–H and O–H groups in total. The van der Waals surface area contributed by atoms with Crippen molar-refractivity contribution in [3.05, 3.63) is 95.4 Å². The normalized spacial score (nSPS) is 15.1. The molecule has 0 radical (unpaired) electrons. The molecule has 0 spiro atoms. The van der Waals surface area contributed by atoms with Crippen molar-refractivity contribution in [1.29, 1.82) is 0 Å². The number of pyridine rings is 1. The van der Waals surface area contributed by atoms with Crippen LogP contribution in [0.1, 0.15) is 27.2 Å². The van der Waals surface area contributed by atoms with Crippen molar-refractivity contribution < 1.29 is 14.3 Å². The summed E-state index contributed by atoms with van der Waals surface area (Å²) in [6, 6.07) is 19.3. The van der Waals surface area contributed by atoms with E-state index >= 15 is 0 Å². The third-order valence-corrected chi connectivity index (χ3v) is 5.74. The van der Waals surface area contributed by atoms with Crippen LogP contribution in [0.25, 0.3) is 5.65 Å². The Balaban J connectivity index is 1.14. The van der Waals surface area contributed by atoms with E-state index in [0.717, 1.165) is 29.1 Å². The van der Waals surface area contributed by atoms with Gasteiger partial charge in [-0.05, 0) is 60.9 Å². The van der Waals surface area contributed by atoms with Gasteiger partial charge in [0, 0.05) is 30.4 Å². The number of amides is 1. The van der Waals surface area contributed by atoms with E-state index in [1.54, 1.807) is 12.1 Å². The van der Waals surface area contributed by atoms with Crippen molar-refractivity contribution in [2.75, 3.05) is 13.2 Å². The fraction of sp³-hybridized carbons (Fsp3) is 0.231. The fourth-order valence-corrected chi connectivity index (χ4v) is 3.99. The van der Waals surface area contributed by atoms with E-state index in [1.165, 1.54) is 5.56 Å². The van der Waals surface area contributed by atoms with Crippen LogP contribution < -0.4 is 14.8 Å².